The second kappa shape index (κ2) is 4.97. The van der Waals surface area contributed by atoms with Gasteiger partial charge in [0, 0.05) is 24.1 Å². The average molecular weight is 269 g/mol. The third-order valence-electron chi connectivity index (χ3n) is 3.25. The summed E-state index contributed by atoms with van der Waals surface area (Å²) in [6, 6.07) is 6.80. The fraction of sp³-hybridized carbons (Fsp3) is 0.583. The third kappa shape index (κ3) is 2.17. The van der Waals surface area contributed by atoms with Crippen LogP contribution in [0.25, 0.3) is 0 Å². The van der Waals surface area contributed by atoms with E-state index in [1.807, 2.05) is 12.3 Å². The van der Waals surface area contributed by atoms with E-state index in [4.69, 9.17) is 0 Å². The minimum Gasteiger partial charge on any atom is -0.353 e. The number of nitrogens with zero attached hydrogens (tertiary/aromatic N) is 2. The highest BCUT2D eigenvalue weighted by Crippen LogP contribution is 2.31. The lowest BCUT2D eigenvalue weighted by Crippen LogP contribution is -2.33. The predicted molar refractivity (Wildman–Crippen MR) is 67.6 cm³/mol. The molecule has 1 aliphatic heterocycles. The average Bonchev–Trinajstić information content (AvgIpc) is 2.72. The van der Waals surface area contributed by atoms with E-state index in [9.17, 15) is 0 Å². The van der Waals surface area contributed by atoms with Crippen LogP contribution in [-0.2, 0) is 0 Å². The molecule has 0 saturated carbocycles. The Hall–Kier alpha value is -0.570. The molecule has 1 aromatic heterocycles. The molecule has 1 aliphatic rings. The molecule has 3 heteroatoms. The van der Waals surface area contributed by atoms with Gasteiger partial charge in [0.05, 0.1) is 0 Å². The van der Waals surface area contributed by atoms with Crippen molar-refractivity contribution in [1.29, 1.82) is 0 Å². The quantitative estimate of drug-likeness (QED) is 0.784. The Morgan fingerprint density at radius 1 is 1.53 bits per heavy atom. The SMILES string of the molecule is CCC1C(CBr)CCN1c1ccccn1. The third-order valence-corrected chi connectivity index (χ3v) is 4.08. The second-order valence-electron chi connectivity index (χ2n) is 4.06. The zero-order chi connectivity index (χ0) is 10.7. The second-order valence-corrected chi connectivity index (χ2v) is 4.71. The van der Waals surface area contributed by atoms with Crippen molar-refractivity contribution < 1.29 is 0 Å². The van der Waals surface area contributed by atoms with E-state index in [1.165, 1.54) is 12.8 Å². The molecule has 0 radical (unpaired) electrons. The summed E-state index contributed by atoms with van der Waals surface area (Å²) < 4.78 is 0. The van der Waals surface area contributed by atoms with Gasteiger partial charge in [0.15, 0.2) is 0 Å². The number of hydrogen-bond donors (Lipinski definition) is 0. The summed E-state index contributed by atoms with van der Waals surface area (Å²) in [4.78, 5) is 6.89. The Balaban J connectivity index is 2.17. The summed E-state index contributed by atoms with van der Waals surface area (Å²) in [5.41, 5.74) is 0. The van der Waals surface area contributed by atoms with Gasteiger partial charge in [-0.3, -0.25) is 0 Å². The Labute approximate surface area is 99.8 Å². The summed E-state index contributed by atoms with van der Waals surface area (Å²) >= 11 is 3.61. The highest BCUT2D eigenvalue weighted by molar-refractivity contribution is 9.09. The van der Waals surface area contributed by atoms with Gasteiger partial charge in [0.25, 0.3) is 0 Å². The van der Waals surface area contributed by atoms with Crippen molar-refractivity contribution in [2.24, 2.45) is 5.92 Å². The Morgan fingerprint density at radius 3 is 3.00 bits per heavy atom. The van der Waals surface area contributed by atoms with Crippen LogP contribution in [0.5, 0.6) is 0 Å². The number of aromatic nitrogens is 1. The number of halogens is 1. The number of alkyl halides is 1. The molecule has 2 atom stereocenters. The monoisotopic (exact) mass is 268 g/mol. The van der Waals surface area contributed by atoms with Gasteiger partial charge in [0.2, 0.25) is 0 Å². The molecule has 0 aromatic carbocycles. The summed E-state index contributed by atoms with van der Waals surface area (Å²) in [6.45, 7) is 3.41. The number of pyridine rings is 1. The highest BCUT2D eigenvalue weighted by atomic mass is 79.9. The first-order valence-electron chi connectivity index (χ1n) is 5.60. The molecule has 0 bridgehead atoms. The number of anilines is 1. The lowest BCUT2D eigenvalue weighted by Gasteiger charge is -2.27. The normalized spacial score (nSPS) is 25.9. The van der Waals surface area contributed by atoms with Gasteiger partial charge < -0.3 is 4.90 Å². The molecule has 1 aromatic rings. The topological polar surface area (TPSA) is 16.1 Å². The van der Waals surface area contributed by atoms with Crippen molar-refractivity contribution in [2.75, 3.05) is 16.8 Å². The zero-order valence-corrected chi connectivity index (χ0v) is 10.7. The highest BCUT2D eigenvalue weighted by Gasteiger charge is 2.32. The van der Waals surface area contributed by atoms with Crippen molar-refractivity contribution in [3.63, 3.8) is 0 Å². The molecule has 2 unspecified atom stereocenters. The molecule has 0 N–H and O–H groups in total. The van der Waals surface area contributed by atoms with Gasteiger partial charge in [-0.1, -0.05) is 28.9 Å². The van der Waals surface area contributed by atoms with Crippen molar-refractivity contribution >= 4 is 21.7 Å². The van der Waals surface area contributed by atoms with Crippen LogP contribution in [0.3, 0.4) is 0 Å². The summed E-state index contributed by atoms with van der Waals surface area (Å²) in [6.07, 6.45) is 4.36. The van der Waals surface area contributed by atoms with Crippen LogP contribution in [0.15, 0.2) is 24.4 Å². The molecule has 0 aliphatic carbocycles. The van der Waals surface area contributed by atoms with Crippen molar-refractivity contribution in [3.8, 4) is 0 Å². The van der Waals surface area contributed by atoms with Gasteiger partial charge in [-0.15, -0.1) is 0 Å². The van der Waals surface area contributed by atoms with E-state index in [0.29, 0.717) is 6.04 Å². The van der Waals surface area contributed by atoms with Crippen LogP contribution in [-0.4, -0.2) is 22.9 Å². The molecule has 0 amide bonds. The Morgan fingerprint density at radius 2 is 2.40 bits per heavy atom. The smallest absolute Gasteiger partial charge is 0.128 e. The van der Waals surface area contributed by atoms with E-state index in [0.717, 1.165) is 23.6 Å². The molecule has 2 rings (SSSR count). The maximum absolute atomic E-state index is 4.44. The minimum absolute atomic E-state index is 0.652. The van der Waals surface area contributed by atoms with E-state index in [1.54, 1.807) is 0 Å². The van der Waals surface area contributed by atoms with E-state index < -0.39 is 0 Å². The minimum atomic E-state index is 0.652. The molecular formula is C12H17BrN2. The standard InChI is InChI=1S/C12H17BrN2/c1-2-11-10(9-13)6-8-15(11)12-5-3-4-7-14-12/h3-5,7,10-11H,2,6,8-9H2,1H3. The lowest BCUT2D eigenvalue weighted by atomic mass is 10.0. The van der Waals surface area contributed by atoms with Gasteiger partial charge in [-0.2, -0.15) is 0 Å². The number of rotatable bonds is 3. The maximum atomic E-state index is 4.44. The summed E-state index contributed by atoms with van der Waals surface area (Å²) in [5, 5.41) is 1.11. The van der Waals surface area contributed by atoms with E-state index >= 15 is 0 Å². The van der Waals surface area contributed by atoms with Crippen molar-refractivity contribution in [3.05, 3.63) is 24.4 Å². The molecule has 15 heavy (non-hydrogen) atoms. The van der Waals surface area contributed by atoms with Crippen LogP contribution in [0.1, 0.15) is 19.8 Å². The predicted octanol–water partition coefficient (Wildman–Crippen LogP) is 3.08. The largest absolute Gasteiger partial charge is 0.353 e. The van der Waals surface area contributed by atoms with E-state index in [2.05, 4.69) is 44.9 Å². The van der Waals surface area contributed by atoms with Gasteiger partial charge in [-0.05, 0) is 30.9 Å². The van der Waals surface area contributed by atoms with Crippen molar-refractivity contribution in [1.82, 2.24) is 4.98 Å². The fourth-order valence-corrected chi connectivity index (χ4v) is 3.21. The summed E-state index contributed by atoms with van der Waals surface area (Å²) in [7, 11) is 0. The number of hydrogen-bond acceptors (Lipinski definition) is 2. The molecular weight excluding hydrogens is 252 g/mol. The molecule has 82 valence electrons. The first kappa shape index (κ1) is 10.9. The maximum Gasteiger partial charge on any atom is 0.128 e. The summed E-state index contributed by atoms with van der Waals surface area (Å²) in [5.74, 6) is 1.91. The molecule has 1 fully saturated rings. The van der Waals surface area contributed by atoms with Crippen LogP contribution in [0.2, 0.25) is 0 Å². The molecule has 0 spiro atoms. The Bertz CT molecular complexity index is 302. The molecule has 2 heterocycles. The molecule has 1 saturated heterocycles. The van der Waals surface area contributed by atoms with Gasteiger partial charge >= 0.3 is 0 Å². The van der Waals surface area contributed by atoms with Crippen LogP contribution >= 0.6 is 15.9 Å². The van der Waals surface area contributed by atoms with Crippen LogP contribution in [0.4, 0.5) is 5.82 Å². The first-order valence-corrected chi connectivity index (χ1v) is 6.72. The van der Waals surface area contributed by atoms with Crippen molar-refractivity contribution in [2.45, 2.75) is 25.8 Å². The van der Waals surface area contributed by atoms with Gasteiger partial charge in [0.1, 0.15) is 5.82 Å². The van der Waals surface area contributed by atoms with Crippen LogP contribution in [0, 0.1) is 5.92 Å². The van der Waals surface area contributed by atoms with Gasteiger partial charge in [-0.25, -0.2) is 4.98 Å². The van der Waals surface area contributed by atoms with E-state index in [-0.39, 0.29) is 0 Å². The molecule has 2 nitrogen and oxygen atoms in total. The zero-order valence-electron chi connectivity index (χ0n) is 9.06. The fourth-order valence-electron chi connectivity index (χ4n) is 2.46. The Kier molecular flexibility index (Phi) is 3.62. The lowest BCUT2D eigenvalue weighted by molar-refractivity contribution is 0.507. The first-order chi connectivity index (χ1) is 7.36. The van der Waals surface area contributed by atoms with Crippen LogP contribution < -0.4 is 4.90 Å².